The lowest BCUT2D eigenvalue weighted by Crippen LogP contribution is -2.37. The number of aryl methyl sites for hydroxylation is 2. The van der Waals surface area contributed by atoms with E-state index in [9.17, 15) is 40.5 Å². The molecule has 0 spiro atoms. The Morgan fingerprint density at radius 3 is 1.62 bits per heavy atom. The minimum Gasteiger partial charge on any atom is -0.289 e. The molecule has 1 saturated carbocycles. The Hall–Kier alpha value is -2.54. The fourth-order valence-corrected chi connectivity index (χ4v) is 6.98. The van der Waals surface area contributed by atoms with Crippen LogP contribution in [0.4, 0.5) is 26.3 Å². The van der Waals surface area contributed by atoms with Crippen LogP contribution in [-0.4, -0.2) is 16.5 Å². The maximum atomic E-state index is 13.8. The monoisotopic (exact) mass is 545 g/mol. The predicted molar refractivity (Wildman–Crippen MR) is 129 cm³/mol. The van der Waals surface area contributed by atoms with E-state index in [-0.39, 0.29) is 36.7 Å². The molecule has 0 heterocycles. The molecule has 1 aliphatic rings. The second-order valence-electron chi connectivity index (χ2n) is 10.6. The Balaban J connectivity index is 2.20. The highest BCUT2D eigenvalue weighted by atomic mass is 31.1. The molecule has 0 aromatic heterocycles. The van der Waals surface area contributed by atoms with Crippen molar-refractivity contribution in [2.24, 2.45) is 0 Å². The molecule has 0 N–H and O–H groups in total. The zero-order valence-electron chi connectivity index (χ0n) is 21.2. The summed E-state index contributed by atoms with van der Waals surface area (Å²) in [4.78, 5) is 27.3. The number of hydrogen-bond acceptors (Lipinski definition) is 3. The summed E-state index contributed by atoms with van der Waals surface area (Å²) in [5.41, 5.74) is -4.35. The van der Waals surface area contributed by atoms with Gasteiger partial charge in [0.25, 0.3) is 0 Å². The number of rotatable bonds is 5. The van der Waals surface area contributed by atoms with Gasteiger partial charge >= 0.3 is 25.7 Å². The molecule has 200 valence electrons. The van der Waals surface area contributed by atoms with Crippen molar-refractivity contribution in [3.8, 4) is 0 Å². The van der Waals surface area contributed by atoms with Crippen LogP contribution in [0.5, 0.6) is 0 Å². The number of hydrogen-bond donors (Lipinski definition) is 0. The molecule has 0 amide bonds. The van der Waals surface area contributed by atoms with Gasteiger partial charge < -0.3 is 0 Å². The van der Waals surface area contributed by atoms with Crippen molar-refractivity contribution >= 4 is 19.1 Å². The SMILES string of the molecule is Cc1cc(C(C)(C)C)cc(C)c1C(=O)[P+](=O)C1(C(=O)c2c(C(F)(F)F)cccc2C(F)(F)F)CCCC1. The fraction of sp³-hybridized carbons (Fsp3) is 0.481. The average molecular weight is 545 g/mol. The maximum Gasteiger partial charge on any atom is 0.434 e. The quantitative estimate of drug-likeness (QED) is 0.214. The summed E-state index contributed by atoms with van der Waals surface area (Å²) in [7, 11) is -3.21. The number of ketones is 1. The molecule has 2 aromatic carbocycles. The minimum absolute atomic E-state index is 0.0772. The normalized spacial score (nSPS) is 16.6. The number of carbonyl (C=O) groups excluding carboxylic acids is 2. The molecule has 37 heavy (non-hydrogen) atoms. The lowest BCUT2D eigenvalue weighted by molar-refractivity contribution is -0.143. The van der Waals surface area contributed by atoms with E-state index < -0.39 is 53.3 Å². The number of alkyl halides is 6. The molecule has 0 saturated heterocycles. The molecular weight excluding hydrogens is 517 g/mol. The number of halogens is 6. The summed E-state index contributed by atoms with van der Waals surface area (Å²) >= 11 is 0. The van der Waals surface area contributed by atoms with E-state index in [1.165, 1.54) is 0 Å². The lowest BCUT2D eigenvalue weighted by Gasteiger charge is -2.23. The van der Waals surface area contributed by atoms with Crippen LogP contribution in [0.15, 0.2) is 30.3 Å². The van der Waals surface area contributed by atoms with Crippen molar-refractivity contribution in [3.63, 3.8) is 0 Å². The van der Waals surface area contributed by atoms with Crippen molar-refractivity contribution in [1.82, 2.24) is 0 Å². The Bertz CT molecular complexity index is 1210. The van der Waals surface area contributed by atoms with Gasteiger partial charge in [-0.3, -0.25) is 4.79 Å². The third-order valence-corrected chi connectivity index (χ3v) is 8.96. The van der Waals surface area contributed by atoms with E-state index in [1.54, 1.807) is 26.0 Å². The minimum atomic E-state index is -5.27. The van der Waals surface area contributed by atoms with E-state index in [0.29, 0.717) is 29.3 Å². The summed E-state index contributed by atoms with van der Waals surface area (Å²) < 4.78 is 96.6. The van der Waals surface area contributed by atoms with Gasteiger partial charge in [0, 0.05) is 18.4 Å². The lowest BCUT2D eigenvalue weighted by atomic mass is 9.84. The first-order chi connectivity index (χ1) is 16.8. The molecule has 1 unspecified atom stereocenters. The molecule has 0 bridgehead atoms. The van der Waals surface area contributed by atoms with Gasteiger partial charge in [-0.05, 0) is 60.9 Å². The molecule has 1 aliphatic carbocycles. The highest BCUT2D eigenvalue weighted by Crippen LogP contribution is 2.56. The first-order valence-electron chi connectivity index (χ1n) is 11.8. The summed E-state index contributed by atoms with van der Waals surface area (Å²) in [6.07, 6.45) is -10.5. The van der Waals surface area contributed by atoms with Crippen LogP contribution < -0.4 is 0 Å². The van der Waals surface area contributed by atoms with Gasteiger partial charge in [-0.15, -0.1) is 0 Å². The third-order valence-electron chi connectivity index (χ3n) is 6.94. The van der Waals surface area contributed by atoms with Gasteiger partial charge in [0.1, 0.15) is 0 Å². The average Bonchev–Trinajstić information content (AvgIpc) is 3.26. The first kappa shape index (κ1) is 29.0. The Kier molecular flexibility index (Phi) is 7.57. The maximum absolute atomic E-state index is 13.8. The van der Waals surface area contributed by atoms with Gasteiger partial charge in [-0.2, -0.15) is 26.3 Å². The number of carbonyl (C=O) groups is 2. The van der Waals surface area contributed by atoms with E-state index >= 15 is 0 Å². The Morgan fingerprint density at radius 1 is 0.811 bits per heavy atom. The van der Waals surface area contributed by atoms with Crippen LogP contribution in [0.3, 0.4) is 0 Å². The molecule has 2 aromatic rings. The topological polar surface area (TPSA) is 51.2 Å². The molecule has 10 heteroatoms. The molecule has 3 rings (SSSR count). The second kappa shape index (κ2) is 9.64. The number of Topliss-reactive ketones (excluding diaryl/α,β-unsaturated/α-hetero) is 1. The van der Waals surface area contributed by atoms with Crippen LogP contribution in [0.25, 0.3) is 0 Å². The Labute approximate surface area is 212 Å². The van der Waals surface area contributed by atoms with Crippen molar-refractivity contribution in [1.29, 1.82) is 0 Å². The molecule has 3 nitrogen and oxygen atoms in total. The third kappa shape index (κ3) is 5.38. The smallest absolute Gasteiger partial charge is 0.289 e. The van der Waals surface area contributed by atoms with E-state index in [4.69, 9.17) is 0 Å². The van der Waals surface area contributed by atoms with Crippen LogP contribution in [0, 0.1) is 13.8 Å². The highest BCUT2D eigenvalue weighted by molar-refractivity contribution is 7.67. The van der Waals surface area contributed by atoms with Crippen molar-refractivity contribution in [2.45, 2.75) is 83.2 Å². The van der Waals surface area contributed by atoms with Gasteiger partial charge in [0.05, 0.1) is 16.7 Å². The van der Waals surface area contributed by atoms with Crippen molar-refractivity contribution in [2.75, 3.05) is 0 Å². The molecule has 0 aliphatic heterocycles. The van der Waals surface area contributed by atoms with E-state index in [0.717, 1.165) is 5.56 Å². The van der Waals surface area contributed by atoms with Crippen LogP contribution >= 0.6 is 7.80 Å². The van der Waals surface area contributed by atoms with Crippen molar-refractivity contribution < 1.29 is 40.5 Å². The predicted octanol–water partition coefficient (Wildman–Crippen LogP) is 8.80. The molecule has 0 radical (unpaired) electrons. The summed E-state index contributed by atoms with van der Waals surface area (Å²) in [5, 5.41) is -2.16. The highest BCUT2D eigenvalue weighted by Gasteiger charge is 2.63. The van der Waals surface area contributed by atoms with Crippen molar-refractivity contribution in [3.05, 3.63) is 69.3 Å². The second-order valence-corrected chi connectivity index (χ2v) is 12.5. The summed E-state index contributed by atoms with van der Waals surface area (Å²) in [6.45, 7) is 9.15. The van der Waals surface area contributed by atoms with E-state index in [1.807, 2.05) is 20.8 Å². The largest absolute Gasteiger partial charge is 0.434 e. The van der Waals surface area contributed by atoms with Gasteiger partial charge in [0.2, 0.25) is 10.9 Å². The molecule has 1 fully saturated rings. The first-order valence-corrected chi connectivity index (χ1v) is 13.0. The van der Waals surface area contributed by atoms with Crippen LogP contribution in [-0.2, 0) is 22.3 Å². The molecule has 1 atom stereocenters. The van der Waals surface area contributed by atoms with Crippen LogP contribution in [0.1, 0.15) is 95.0 Å². The van der Waals surface area contributed by atoms with Crippen LogP contribution in [0.2, 0.25) is 0 Å². The Morgan fingerprint density at radius 2 is 1.24 bits per heavy atom. The fourth-order valence-electron chi connectivity index (χ4n) is 5.01. The summed E-state index contributed by atoms with van der Waals surface area (Å²) in [5.74, 6) is -1.54. The van der Waals surface area contributed by atoms with Gasteiger partial charge in [-0.1, -0.05) is 43.5 Å². The zero-order chi connectivity index (χ0) is 28.1. The summed E-state index contributed by atoms with van der Waals surface area (Å²) in [6, 6.07) is 4.87. The van der Waals surface area contributed by atoms with Gasteiger partial charge in [-0.25, -0.2) is 4.79 Å². The number of benzene rings is 2. The zero-order valence-corrected chi connectivity index (χ0v) is 22.0. The molecular formula is C27H28F6O3P+. The standard InChI is InChI=1S/C27H28F6O3P/c1-15-13-17(24(3,4)5)14-16(2)20(15)23(35)37(36)25(11-6-7-12-25)22(34)21-18(26(28,29)30)9-8-10-19(21)27(31,32)33/h8-10,13-14H,6-7,11-12H2,1-5H3/q+1. The van der Waals surface area contributed by atoms with E-state index in [2.05, 4.69) is 0 Å². The van der Waals surface area contributed by atoms with Gasteiger partial charge in [0.15, 0.2) is 0 Å².